The Kier molecular flexibility index (Phi) is 2.45. The maximum Gasteiger partial charge on any atom is 0.0451 e. The molecule has 0 aromatic carbocycles. The second-order valence-corrected chi connectivity index (χ2v) is 5.75. The number of thioether (sulfide) groups is 1. The summed E-state index contributed by atoms with van der Waals surface area (Å²) in [7, 11) is 0. The van der Waals surface area contributed by atoms with E-state index in [2.05, 4.69) is 29.0 Å². The summed E-state index contributed by atoms with van der Waals surface area (Å²) in [5.41, 5.74) is 10.0. The number of rotatable bonds is 1. The summed E-state index contributed by atoms with van der Waals surface area (Å²) in [6.07, 6.45) is 5.38. The van der Waals surface area contributed by atoms with Gasteiger partial charge in [-0.25, -0.2) is 0 Å². The molecule has 2 heterocycles. The van der Waals surface area contributed by atoms with Crippen molar-refractivity contribution in [1.82, 2.24) is 4.98 Å². The van der Waals surface area contributed by atoms with Crippen molar-refractivity contribution in [3.8, 4) is 0 Å². The average Bonchev–Trinajstić information content (AvgIpc) is 2.82. The van der Waals surface area contributed by atoms with Gasteiger partial charge in [0.05, 0.1) is 0 Å². The molecule has 2 N–H and O–H groups in total. The fraction of sp³-hybridized carbons (Fsp3) is 0.583. The molecule has 1 aromatic rings. The molecule has 1 fully saturated rings. The minimum absolute atomic E-state index is 0.306. The van der Waals surface area contributed by atoms with Gasteiger partial charge in [0.15, 0.2) is 0 Å². The summed E-state index contributed by atoms with van der Waals surface area (Å²) in [4.78, 5) is 4.56. The molecule has 15 heavy (non-hydrogen) atoms. The van der Waals surface area contributed by atoms with Gasteiger partial charge in [-0.2, -0.15) is 11.8 Å². The summed E-state index contributed by atoms with van der Waals surface area (Å²) in [5.74, 6) is 3.32. The summed E-state index contributed by atoms with van der Waals surface area (Å²) in [6.45, 7) is 0. The van der Waals surface area contributed by atoms with Crippen LogP contribution >= 0.6 is 11.8 Å². The molecule has 80 valence electrons. The predicted molar refractivity (Wildman–Crippen MR) is 64.3 cm³/mol. The van der Waals surface area contributed by atoms with Crippen LogP contribution in [0.4, 0.5) is 0 Å². The van der Waals surface area contributed by atoms with Crippen molar-refractivity contribution in [2.24, 2.45) is 5.73 Å². The van der Waals surface area contributed by atoms with E-state index in [0.717, 1.165) is 18.8 Å². The molecule has 2 nitrogen and oxygen atoms in total. The number of fused-ring (bicyclic) bond motifs is 1. The van der Waals surface area contributed by atoms with Crippen LogP contribution in [0.2, 0.25) is 0 Å². The van der Waals surface area contributed by atoms with E-state index in [-0.39, 0.29) is 0 Å². The normalized spacial score (nSPS) is 29.4. The van der Waals surface area contributed by atoms with Gasteiger partial charge in [-0.3, -0.25) is 4.98 Å². The molecule has 0 amide bonds. The largest absolute Gasteiger partial charge is 0.327 e. The zero-order valence-electron chi connectivity index (χ0n) is 8.78. The zero-order chi connectivity index (χ0) is 10.3. The SMILES string of the molecule is NC1Cc2cc(C3CCSC3)cnc2C1. The highest BCUT2D eigenvalue weighted by Crippen LogP contribution is 2.33. The fourth-order valence-corrected chi connectivity index (χ4v) is 3.80. The van der Waals surface area contributed by atoms with Gasteiger partial charge in [0.1, 0.15) is 0 Å². The highest BCUT2D eigenvalue weighted by molar-refractivity contribution is 7.99. The molecule has 3 heteroatoms. The van der Waals surface area contributed by atoms with Crippen molar-refractivity contribution in [3.05, 3.63) is 29.1 Å². The second-order valence-electron chi connectivity index (χ2n) is 4.60. The topological polar surface area (TPSA) is 38.9 Å². The van der Waals surface area contributed by atoms with Gasteiger partial charge in [0.25, 0.3) is 0 Å². The van der Waals surface area contributed by atoms with Crippen LogP contribution in [0.15, 0.2) is 12.3 Å². The van der Waals surface area contributed by atoms with Crippen molar-refractivity contribution in [2.75, 3.05) is 11.5 Å². The molecule has 0 spiro atoms. The van der Waals surface area contributed by atoms with Crippen molar-refractivity contribution in [1.29, 1.82) is 0 Å². The second kappa shape index (κ2) is 3.80. The molecule has 1 saturated heterocycles. The zero-order valence-corrected chi connectivity index (χ0v) is 9.59. The van der Waals surface area contributed by atoms with Crippen LogP contribution in [0, 0.1) is 0 Å². The Balaban J connectivity index is 1.89. The number of aromatic nitrogens is 1. The minimum Gasteiger partial charge on any atom is -0.327 e. The quantitative estimate of drug-likeness (QED) is 0.783. The third-order valence-corrected chi connectivity index (χ3v) is 4.58. The van der Waals surface area contributed by atoms with E-state index in [1.165, 1.54) is 34.7 Å². The third kappa shape index (κ3) is 1.79. The van der Waals surface area contributed by atoms with Crippen molar-refractivity contribution >= 4 is 11.8 Å². The molecule has 1 aliphatic heterocycles. The predicted octanol–water partition coefficient (Wildman–Crippen LogP) is 1.73. The molecule has 2 aliphatic rings. The van der Waals surface area contributed by atoms with Crippen molar-refractivity contribution in [2.45, 2.75) is 31.2 Å². The fourth-order valence-electron chi connectivity index (χ4n) is 2.54. The van der Waals surface area contributed by atoms with E-state index >= 15 is 0 Å². The van der Waals surface area contributed by atoms with Crippen molar-refractivity contribution < 1.29 is 0 Å². The van der Waals surface area contributed by atoms with Gasteiger partial charge in [-0.05, 0) is 35.6 Å². The first-order chi connectivity index (χ1) is 7.33. The molecule has 2 unspecified atom stereocenters. The van der Waals surface area contributed by atoms with Crippen LogP contribution in [0.25, 0.3) is 0 Å². The molecule has 1 aromatic heterocycles. The summed E-state index contributed by atoms with van der Waals surface area (Å²) in [6, 6.07) is 2.66. The number of pyridine rings is 1. The standard InChI is InChI=1S/C12H16N2S/c13-11-4-9-3-10(6-14-12(9)5-11)8-1-2-15-7-8/h3,6,8,11H,1-2,4-5,7,13H2. The van der Waals surface area contributed by atoms with Crippen LogP contribution in [0.1, 0.15) is 29.2 Å². The van der Waals surface area contributed by atoms with Gasteiger partial charge in [-0.15, -0.1) is 0 Å². The molecule has 2 atom stereocenters. The Morgan fingerprint density at radius 1 is 1.40 bits per heavy atom. The van der Waals surface area contributed by atoms with Gasteiger partial charge >= 0.3 is 0 Å². The lowest BCUT2D eigenvalue weighted by Crippen LogP contribution is -2.19. The lowest BCUT2D eigenvalue weighted by molar-refractivity contribution is 0.716. The summed E-state index contributed by atoms with van der Waals surface area (Å²) >= 11 is 2.06. The van der Waals surface area contributed by atoms with E-state index < -0.39 is 0 Å². The van der Waals surface area contributed by atoms with E-state index in [1.807, 2.05) is 0 Å². The average molecular weight is 220 g/mol. The Morgan fingerprint density at radius 2 is 2.33 bits per heavy atom. The Hall–Kier alpha value is -0.540. The molecule has 0 radical (unpaired) electrons. The number of hydrogen-bond acceptors (Lipinski definition) is 3. The maximum atomic E-state index is 5.94. The first-order valence-corrected chi connectivity index (χ1v) is 6.79. The third-order valence-electron chi connectivity index (χ3n) is 3.42. The Morgan fingerprint density at radius 3 is 3.13 bits per heavy atom. The summed E-state index contributed by atoms with van der Waals surface area (Å²) in [5, 5.41) is 0. The van der Waals surface area contributed by atoms with E-state index in [4.69, 9.17) is 5.73 Å². The molecule has 0 saturated carbocycles. The number of nitrogens with zero attached hydrogens (tertiary/aromatic N) is 1. The van der Waals surface area contributed by atoms with E-state index in [9.17, 15) is 0 Å². The Labute approximate surface area is 94.7 Å². The smallest absolute Gasteiger partial charge is 0.0451 e. The molecular formula is C12H16N2S. The number of hydrogen-bond donors (Lipinski definition) is 1. The van der Waals surface area contributed by atoms with Crippen LogP contribution in [0.5, 0.6) is 0 Å². The van der Waals surface area contributed by atoms with Gasteiger partial charge < -0.3 is 5.73 Å². The van der Waals surface area contributed by atoms with Crippen LogP contribution in [0.3, 0.4) is 0 Å². The molecule has 3 rings (SSSR count). The number of nitrogens with two attached hydrogens (primary N) is 1. The van der Waals surface area contributed by atoms with E-state index in [1.54, 1.807) is 0 Å². The lowest BCUT2D eigenvalue weighted by atomic mass is 9.98. The van der Waals surface area contributed by atoms with Crippen molar-refractivity contribution in [3.63, 3.8) is 0 Å². The van der Waals surface area contributed by atoms with Crippen LogP contribution in [-0.2, 0) is 12.8 Å². The first kappa shape index (κ1) is 9.67. The van der Waals surface area contributed by atoms with E-state index in [0.29, 0.717) is 6.04 Å². The minimum atomic E-state index is 0.306. The highest BCUT2D eigenvalue weighted by atomic mass is 32.2. The highest BCUT2D eigenvalue weighted by Gasteiger charge is 2.23. The lowest BCUT2D eigenvalue weighted by Gasteiger charge is -2.09. The van der Waals surface area contributed by atoms with Crippen LogP contribution < -0.4 is 5.73 Å². The monoisotopic (exact) mass is 220 g/mol. The van der Waals surface area contributed by atoms with Gasteiger partial charge in [0, 0.05) is 30.1 Å². The Bertz CT molecular complexity index is 372. The first-order valence-electron chi connectivity index (χ1n) is 5.64. The molecular weight excluding hydrogens is 204 g/mol. The maximum absolute atomic E-state index is 5.94. The molecule has 1 aliphatic carbocycles. The van der Waals surface area contributed by atoms with Gasteiger partial charge in [-0.1, -0.05) is 6.07 Å². The van der Waals surface area contributed by atoms with Gasteiger partial charge in [0.2, 0.25) is 0 Å². The molecule has 0 bridgehead atoms. The summed E-state index contributed by atoms with van der Waals surface area (Å²) < 4.78 is 0. The van der Waals surface area contributed by atoms with Crippen LogP contribution in [-0.4, -0.2) is 22.5 Å².